The SMILES string of the molecule is CC1CN(c2nccc(S(=O)(=O)c3cccc(Oc4cc(F)cc(Cl)c4)n3)c2C(N)=O)C(C)(C)C1. The highest BCUT2D eigenvalue weighted by Crippen LogP contribution is 2.39. The summed E-state index contributed by atoms with van der Waals surface area (Å²) in [5, 5.41) is -0.260. The minimum Gasteiger partial charge on any atom is -0.439 e. The topological polar surface area (TPSA) is 115 Å². The third-order valence-electron chi connectivity index (χ3n) is 5.79. The molecule has 3 aromatic rings. The highest BCUT2D eigenvalue weighted by molar-refractivity contribution is 7.91. The van der Waals surface area contributed by atoms with Gasteiger partial charge in [-0.25, -0.2) is 22.8 Å². The number of halogens is 2. The first-order valence-electron chi connectivity index (χ1n) is 10.8. The molecule has 0 radical (unpaired) electrons. The van der Waals surface area contributed by atoms with Gasteiger partial charge in [0.2, 0.25) is 15.7 Å². The largest absolute Gasteiger partial charge is 0.439 e. The maximum atomic E-state index is 13.7. The molecule has 3 heterocycles. The number of amides is 1. The number of benzene rings is 1. The Labute approximate surface area is 207 Å². The highest BCUT2D eigenvalue weighted by Gasteiger charge is 2.40. The zero-order valence-electron chi connectivity index (χ0n) is 19.3. The number of anilines is 1. The number of nitrogens with two attached hydrogens (primary N) is 1. The predicted octanol–water partition coefficient (Wildman–Crippen LogP) is 4.62. The van der Waals surface area contributed by atoms with Crippen LogP contribution in [0, 0.1) is 11.7 Å². The van der Waals surface area contributed by atoms with Gasteiger partial charge in [-0.2, -0.15) is 0 Å². The average Bonchev–Trinajstić information content (AvgIpc) is 3.04. The fourth-order valence-corrected chi connectivity index (χ4v) is 6.08. The number of carbonyl (C=O) groups excluding carboxylic acids is 1. The van der Waals surface area contributed by atoms with Crippen LogP contribution in [-0.2, 0) is 9.84 Å². The lowest BCUT2D eigenvalue weighted by Crippen LogP contribution is -2.40. The van der Waals surface area contributed by atoms with Crippen LogP contribution in [0.1, 0.15) is 37.6 Å². The van der Waals surface area contributed by atoms with E-state index in [4.69, 9.17) is 22.1 Å². The first-order chi connectivity index (χ1) is 16.4. The molecule has 0 bridgehead atoms. The number of aromatic nitrogens is 2. The zero-order chi connectivity index (χ0) is 25.5. The van der Waals surface area contributed by atoms with Crippen LogP contribution < -0.4 is 15.4 Å². The van der Waals surface area contributed by atoms with E-state index in [0.29, 0.717) is 12.5 Å². The third-order valence-corrected chi connectivity index (χ3v) is 7.70. The molecule has 1 amide bonds. The van der Waals surface area contributed by atoms with Gasteiger partial charge < -0.3 is 15.4 Å². The number of nitrogens with zero attached hydrogens (tertiary/aromatic N) is 3. The molecule has 1 aromatic carbocycles. The van der Waals surface area contributed by atoms with Crippen molar-refractivity contribution in [1.82, 2.24) is 9.97 Å². The Kier molecular flexibility index (Phi) is 6.46. The first-order valence-corrected chi connectivity index (χ1v) is 12.7. The van der Waals surface area contributed by atoms with Crippen molar-refractivity contribution in [1.29, 1.82) is 0 Å². The van der Waals surface area contributed by atoms with Gasteiger partial charge in [0.1, 0.15) is 22.9 Å². The zero-order valence-corrected chi connectivity index (χ0v) is 20.9. The number of ether oxygens (including phenoxy) is 1. The minimum atomic E-state index is -4.31. The minimum absolute atomic E-state index is 0.0476. The number of hydrogen-bond donors (Lipinski definition) is 1. The predicted molar refractivity (Wildman–Crippen MR) is 129 cm³/mol. The molecule has 0 saturated carbocycles. The molecule has 1 atom stereocenters. The van der Waals surface area contributed by atoms with E-state index in [1.165, 1.54) is 36.5 Å². The van der Waals surface area contributed by atoms with Gasteiger partial charge in [-0.3, -0.25) is 4.79 Å². The summed E-state index contributed by atoms with van der Waals surface area (Å²) in [7, 11) is -4.31. The van der Waals surface area contributed by atoms with Gasteiger partial charge >= 0.3 is 0 Å². The van der Waals surface area contributed by atoms with Crippen LogP contribution in [0.2, 0.25) is 5.02 Å². The molecular weight excluding hydrogens is 495 g/mol. The molecule has 1 fully saturated rings. The fraction of sp³-hybridized carbons (Fsp3) is 0.292. The van der Waals surface area contributed by atoms with Crippen LogP contribution >= 0.6 is 11.6 Å². The van der Waals surface area contributed by atoms with Crippen molar-refractivity contribution in [2.45, 2.75) is 42.7 Å². The molecule has 2 N–H and O–H groups in total. The molecule has 2 aromatic heterocycles. The summed E-state index contributed by atoms with van der Waals surface area (Å²) in [4.78, 5) is 22.6. The number of pyridine rings is 2. The van der Waals surface area contributed by atoms with Gasteiger partial charge in [-0.05, 0) is 50.5 Å². The van der Waals surface area contributed by atoms with E-state index in [-0.39, 0.29) is 43.5 Å². The highest BCUT2D eigenvalue weighted by atomic mass is 35.5. The standard InChI is InChI=1S/C24H24ClFN4O4S/c1-14-12-24(2,3)30(13-14)23-21(22(27)31)18(7-8-28-23)35(32,33)20-6-4-5-19(29-20)34-17-10-15(25)9-16(26)11-17/h4-11,14H,12-13H2,1-3H3,(H2,27,31). The van der Waals surface area contributed by atoms with E-state index in [1.807, 2.05) is 18.7 Å². The third kappa shape index (κ3) is 4.94. The lowest BCUT2D eigenvalue weighted by Gasteiger charge is -2.33. The second-order valence-corrected chi connectivity index (χ2v) is 11.4. The second-order valence-electron chi connectivity index (χ2n) is 9.13. The number of carbonyl (C=O) groups is 1. The Morgan fingerprint density at radius 1 is 1.26 bits per heavy atom. The molecule has 1 aliphatic rings. The molecule has 35 heavy (non-hydrogen) atoms. The second kappa shape index (κ2) is 9.09. The summed E-state index contributed by atoms with van der Waals surface area (Å²) >= 11 is 5.86. The summed E-state index contributed by atoms with van der Waals surface area (Å²) in [6.45, 7) is 6.69. The Morgan fingerprint density at radius 2 is 2.00 bits per heavy atom. The summed E-state index contributed by atoms with van der Waals surface area (Å²) in [6, 6.07) is 8.91. The normalized spacial score (nSPS) is 17.4. The maximum absolute atomic E-state index is 13.7. The van der Waals surface area contributed by atoms with Gasteiger partial charge in [0, 0.05) is 35.4 Å². The molecule has 1 aliphatic heterocycles. The van der Waals surface area contributed by atoms with E-state index in [0.717, 1.165) is 18.6 Å². The lowest BCUT2D eigenvalue weighted by molar-refractivity contribution is 0.0997. The number of primary amides is 1. The molecule has 0 spiro atoms. The van der Waals surface area contributed by atoms with Gasteiger partial charge in [-0.15, -0.1) is 0 Å². The van der Waals surface area contributed by atoms with E-state index in [9.17, 15) is 17.6 Å². The van der Waals surface area contributed by atoms with Crippen LogP contribution in [0.15, 0.2) is 58.6 Å². The Balaban J connectivity index is 1.78. The fourth-order valence-electron chi connectivity index (χ4n) is 4.48. The lowest BCUT2D eigenvalue weighted by atomic mass is 9.97. The van der Waals surface area contributed by atoms with Crippen molar-refractivity contribution in [2.24, 2.45) is 11.7 Å². The summed E-state index contributed by atoms with van der Waals surface area (Å²) in [5.41, 5.74) is 5.13. The van der Waals surface area contributed by atoms with Crippen LogP contribution in [0.4, 0.5) is 10.2 Å². The molecule has 4 rings (SSSR count). The van der Waals surface area contributed by atoms with Crippen molar-refractivity contribution < 1.29 is 22.3 Å². The van der Waals surface area contributed by atoms with Crippen molar-refractivity contribution in [3.8, 4) is 11.6 Å². The molecule has 1 unspecified atom stereocenters. The van der Waals surface area contributed by atoms with Crippen molar-refractivity contribution in [3.05, 3.63) is 65.1 Å². The maximum Gasteiger partial charge on any atom is 0.253 e. The van der Waals surface area contributed by atoms with Crippen LogP contribution in [0.3, 0.4) is 0 Å². The number of hydrogen-bond acceptors (Lipinski definition) is 7. The van der Waals surface area contributed by atoms with Gasteiger partial charge in [0.15, 0.2) is 5.03 Å². The number of sulfone groups is 1. The summed E-state index contributed by atoms with van der Waals surface area (Å²) in [5.74, 6) is -1.05. The molecule has 1 saturated heterocycles. The van der Waals surface area contributed by atoms with Gasteiger partial charge in [0.25, 0.3) is 5.91 Å². The Bertz CT molecular complexity index is 1390. The molecule has 0 aliphatic carbocycles. The van der Waals surface area contributed by atoms with Crippen LogP contribution in [0.5, 0.6) is 11.6 Å². The summed E-state index contributed by atoms with van der Waals surface area (Å²) in [6.07, 6.45) is 2.18. The Morgan fingerprint density at radius 3 is 2.63 bits per heavy atom. The van der Waals surface area contributed by atoms with Gasteiger partial charge in [0.05, 0.1) is 4.90 Å². The quantitative estimate of drug-likeness (QED) is 0.506. The van der Waals surface area contributed by atoms with Crippen LogP contribution in [0.25, 0.3) is 0 Å². The molecule has 8 nitrogen and oxygen atoms in total. The van der Waals surface area contributed by atoms with Crippen molar-refractivity contribution >= 4 is 33.2 Å². The van der Waals surface area contributed by atoms with Crippen molar-refractivity contribution in [2.75, 3.05) is 11.4 Å². The molecule has 184 valence electrons. The van der Waals surface area contributed by atoms with E-state index in [2.05, 4.69) is 16.9 Å². The van der Waals surface area contributed by atoms with E-state index >= 15 is 0 Å². The molecular formula is C24H24ClFN4O4S. The molecule has 11 heteroatoms. The van der Waals surface area contributed by atoms with E-state index < -0.39 is 21.6 Å². The van der Waals surface area contributed by atoms with Crippen molar-refractivity contribution in [3.63, 3.8) is 0 Å². The average molecular weight is 519 g/mol. The summed E-state index contributed by atoms with van der Waals surface area (Å²) < 4.78 is 46.4. The first kappa shape index (κ1) is 24.9. The monoisotopic (exact) mass is 518 g/mol. The van der Waals surface area contributed by atoms with Crippen LogP contribution in [-0.4, -0.2) is 36.4 Å². The van der Waals surface area contributed by atoms with Gasteiger partial charge in [-0.1, -0.05) is 24.6 Å². The smallest absolute Gasteiger partial charge is 0.253 e. The Hall–Kier alpha value is -3.24. The number of rotatable bonds is 6. The van der Waals surface area contributed by atoms with E-state index in [1.54, 1.807) is 0 Å².